The molecular formula is C11H11Cl2N3O2. The van der Waals surface area contributed by atoms with Crippen molar-refractivity contribution in [1.82, 2.24) is 9.88 Å². The van der Waals surface area contributed by atoms with Gasteiger partial charge in [0.15, 0.2) is 0 Å². The third-order valence-electron chi connectivity index (χ3n) is 3.62. The number of fused-ring (bicyclic) bond motifs is 1. The van der Waals surface area contributed by atoms with Gasteiger partial charge in [0.1, 0.15) is 5.15 Å². The number of pyridine rings is 1. The van der Waals surface area contributed by atoms with Gasteiger partial charge in [0, 0.05) is 25.6 Å². The third-order valence-corrected chi connectivity index (χ3v) is 4.31. The fourth-order valence-electron chi connectivity index (χ4n) is 2.66. The third kappa shape index (κ3) is 1.78. The van der Waals surface area contributed by atoms with Gasteiger partial charge >= 0.3 is 6.09 Å². The Morgan fingerprint density at radius 1 is 1.39 bits per heavy atom. The molecule has 1 aromatic heterocycles. The van der Waals surface area contributed by atoms with Gasteiger partial charge in [-0.2, -0.15) is 0 Å². The van der Waals surface area contributed by atoms with Crippen molar-refractivity contribution in [3.63, 3.8) is 0 Å². The second-order valence-corrected chi connectivity index (χ2v) is 5.40. The van der Waals surface area contributed by atoms with Crippen LogP contribution in [0.5, 0.6) is 0 Å². The number of rotatable bonds is 1. The van der Waals surface area contributed by atoms with Crippen LogP contribution in [-0.2, 0) is 0 Å². The molecule has 1 amide bonds. The Balaban J connectivity index is 1.77. The molecule has 0 aromatic carbocycles. The van der Waals surface area contributed by atoms with Gasteiger partial charge in [-0.3, -0.25) is 0 Å². The van der Waals surface area contributed by atoms with Crippen LogP contribution in [0, 0.1) is 5.92 Å². The minimum atomic E-state index is -0.850. The van der Waals surface area contributed by atoms with Crippen LogP contribution in [0.15, 0.2) is 12.3 Å². The zero-order valence-corrected chi connectivity index (χ0v) is 10.9. The van der Waals surface area contributed by atoms with Crippen LogP contribution in [0.25, 0.3) is 0 Å². The molecule has 0 aliphatic carbocycles. The zero-order chi connectivity index (χ0) is 12.9. The first-order valence-corrected chi connectivity index (χ1v) is 6.37. The van der Waals surface area contributed by atoms with E-state index in [0.29, 0.717) is 24.0 Å². The van der Waals surface area contributed by atoms with E-state index in [2.05, 4.69) is 9.88 Å². The van der Waals surface area contributed by atoms with Crippen molar-refractivity contribution in [3.05, 3.63) is 22.4 Å². The number of amides is 1. The number of likely N-dealkylation sites (tertiary alicyclic amines) is 1. The molecule has 0 bridgehead atoms. The van der Waals surface area contributed by atoms with Crippen molar-refractivity contribution in [2.75, 3.05) is 24.5 Å². The Morgan fingerprint density at radius 2 is 2.17 bits per heavy atom. The van der Waals surface area contributed by atoms with E-state index < -0.39 is 6.09 Å². The van der Waals surface area contributed by atoms with E-state index >= 15 is 0 Å². The largest absolute Gasteiger partial charge is 0.465 e. The molecule has 2 fully saturated rings. The summed E-state index contributed by atoms with van der Waals surface area (Å²) in [5, 5.41) is 9.68. The minimum Gasteiger partial charge on any atom is -0.465 e. The van der Waals surface area contributed by atoms with E-state index in [1.807, 2.05) is 0 Å². The molecule has 18 heavy (non-hydrogen) atoms. The Morgan fingerprint density at radius 3 is 2.83 bits per heavy atom. The predicted molar refractivity (Wildman–Crippen MR) is 68.5 cm³/mol. The topological polar surface area (TPSA) is 56.7 Å². The molecule has 2 aliphatic heterocycles. The summed E-state index contributed by atoms with van der Waals surface area (Å²) in [4.78, 5) is 18.5. The van der Waals surface area contributed by atoms with E-state index in [0.717, 1.165) is 12.2 Å². The Bertz CT molecular complexity index is 511. The molecular weight excluding hydrogens is 277 g/mol. The zero-order valence-electron chi connectivity index (χ0n) is 9.38. The fourth-order valence-corrected chi connectivity index (χ4v) is 2.92. The van der Waals surface area contributed by atoms with Crippen LogP contribution >= 0.6 is 23.2 Å². The molecule has 0 radical (unpaired) electrons. The minimum absolute atomic E-state index is 0.236. The van der Waals surface area contributed by atoms with Gasteiger partial charge in [0.25, 0.3) is 0 Å². The lowest BCUT2D eigenvalue weighted by Crippen LogP contribution is -2.55. The first kappa shape index (κ1) is 11.9. The molecule has 1 N–H and O–H groups in total. The molecule has 3 heterocycles. The van der Waals surface area contributed by atoms with Crippen molar-refractivity contribution in [2.24, 2.45) is 5.92 Å². The Labute approximate surface area is 114 Å². The van der Waals surface area contributed by atoms with Crippen LogP contribution in [0.3, 0.4) is 0 Å². The standard InChI is InChI=1S/C11H11Cl2N3O2/c12-8-1-7(2-14-10(8)13)16-4-6-3-15(11(17)18)5-9(6)16/h1-2,6,9H,3-5H2,(H,17,18)/t6-,9-/m1/s1. The van der Waals surface area contributed by atoms with Crippen LogP contribution in [0.2, 0.25) is 10.2 Å². The van der Waals surface area contributed by atoms with Crippen molar-refractivity contribution in [2.45, 2.75) is 6.04 Å². The molecule has 0 unspecified atom stereocenters. The molecule has 2 aliphatic rings. The van der Waals surface area contributed by atoms with Gasteiger partial charge in [-0.1, -0.05) is 23.2 Å². The summed E-state index contributed by atoms with van der Waals surface area (Å²) >= 11 is 11.7. The van der Waals surface area contributed by atoms with E-state index in [1.54, 1.807) is 12.3 Å². The Kier molecular flexibility index (Phi) is 2.75. The highest BCUT2D eigenvalue weighted by atomic mass is 35.5. The van der Waals surface area contributed by atoms with Gasteiger partial charge < -0.3 is 14.9 Å². The summed E-state index contributed by atoms with van der Waals surface area (Å²) in [6, 6.07) is 2.01. The van der Waals surface area contributed by atoms with Gasteiger partial charge in [-0.25, -0.2) is 9.78 Å². The highest BCUT2D eigenvalue weighted by Gasteiger charge is 2.47. The second-order valence-electron chi connectivity index (χ2n) is 4.63. The molecule has 0 spiro atoms. The number of hydrogen-bond donors (Lipinski definition) is 1. The number of halogens is 2. The maximum atomic E-state index is 10.9. The summed E-state index contributed by atoms with van der Waals surface area (Å²) < 4.78 is 0. The lowest BCUT2D eigenvalue weighted by atomic mass is 9.91. The average molecular weight is 288 g/mol. The highest BCUT2D eigenvalue weighted by molar-refractivity contribution is 6.41. The molecule has 7 heteroatoms. The number of anilines is 1. The first-order valence-electron chi connectivity index (χ1n) is 5.62. The lowest BCUT2D eigenvalue weighted by Gasteiger charge is -2.45. The van der Waals surface area contributed by atoms with E-state index in [9.17, 15) is 4.79 Å². The van der Waals surface area contributed by atoms with Crippen LogP contribution in [0.1, 0.15) is 0 Å². The monoisotopic (exact) mass is 287 g/mol. The summed E-state index contributed by atoms with van der Waals surface area (Å²) in [6.07, 6.45) is 0.824. The molecule has 2 saturated heterocycles. The summed E-state index contributed by atoms with van der Waals surface area (Å²) in [7, 11) is 0. The number of hydrogen-bond acceptors (Lipinski definition) is 3. The number of nitrogens with zero attached hydrogens (tertiary/aromatic N) is 3. The number of aromatic nitrogens is 1. The maximum absolute atomic E-state index is 10.9. The van der Waals surface area contributed by atoms with Gasteiger partial charge in [0.05, 0.1) is 22.9 Å². The summed E-state index contributed by atoms with van der Waals surface area (Å²) in [5.41, 5.74) is 0.901. The van der Waals surface area contributed by atoms with Crippen LogP contribution in [-0.4, -0.2) is 46.8 Å². The molecule has 0 saturated carbocycles. The number of carboxylic acid groups (broad SMARTS) is 1. The Hall–Kier alpha value is -1.20. The molecule has 3 rings (SSSR count). The summed E-state index contributed by atoms with van der Waals surface area (Å²) in [6.45, 7) is 2.00. The lowest BCUT2D eigenvalue weighted by molar-refractivity contribution is 0.155. The predicted octanol–water partition coefficient (Wildman–Crippen LogP) is 2.19. The smallest absolute Gasteiger partial charge is 0.407 e. The van der Waals surface area contributed by atoms with Gasteiger partial charge in [-0.05, 0) is 6.07 Å². The van der Waals surface area contributed by atoms with Crippen molar-refractivity contribution >= 4 is 35.0 Å². The second kappa shape index (κ2) is 4.17. The van der Waals surface area contributed by atoms with E-state index in [-0.39, 0.29) is 11.2 Å². The first-order chi connectivity index (χ1) is 8.56. The van der Waals surface area contributed by atoms with Crippen molar-refractivity contribution in [3.8, 4) is 0 Å². The molecule has 1 aromatic rings. The van der Waals surface area contributed by atoms with E-state index in [4.69, 9.17) is 28.3 Å². The van der Waals surface area contributed by atoms with Crippen LogP contribution in [0.4, 0.5) is 10.5 Å². The summed E-state index contributed by atoms with van der Waals surface area (Å²) in [5.74, 6) is 0.413. The van der Waals surface area contributed by atoms with Crippen molar-refractivity contribution in [1.29, 1.82) is 0 Å². The molecule has 5 nitrogen and oxygen atoms in total. The highest BCUT2D eigenvalue weighted by Crippen LogP contribution is 2.37. The van der Waals surface area contributed by atoms with Gasteiger partial charge in [0.2, 0.25) is 0 Å². The quantitative estimate of drug-likeness (QED) is 0.805. The molecule has 96 valence electrons. The normalized spacial score (nSPS) is 25.9. The average Bonchev–Trinajstić information content (AvgIpc) is 2.62. The van der Waals surface area contributed by atoms with Crippen LogP contribution < -0.4 is 4.90 Å². The van der Waals surface area contributed by atoms with E-state index in [1.165, 1.54) is 4.90 Å². The SMILES string of the molecule is O=C(O)N1C[C@@H]2CN(c3cnc(Cl)c(Cl)c3)[C@@H]2C1. The fraction of sp³-hybridized carbons (Fsp3) is 0.455. The van der Waals surface area contributed by atoms with Gasteiger partial charge in [-0.15, -0.1) is 0 Å². The molecule has 2 atom stereocenters. The maximum Gasteiger partial charge on any atom is 0.407 e. The number of carbonyl (C=O) groups is 1. The van der Waals surface area contributed by atoms with Crippen molar-refractivity contribution < 1.29 is 9.90 Å².